The Morgan fingerprint density at radius 3 is 2.54 bits per heavy atom. The molecular formula is C10H16O3. The van der Waals surface area contributed by atoms with Gasteiger partial charge in [0, 0.05) is 0 Å². The highest BCUT2D eigenvalue weighted by Crippen LogP contribution is 2.31. The third-order valence-corrected chi connectivity index (χ3v) is 2.50. The second-order valence-corrected chi connectivity index (χ2v) is 4.34. The summed E-state index contributed by atoms with van der Waals surface area (Å²) in [7, 11) is 0. The van der Waals surface area contributed by atoms with Crippen molar-refractivity contribution in [2.75, 3.05) is 0 Å². The van der Waals surface area contributed by atoms with E-state index in [0.29, 0.717) is 12.8 Å². The molecule has 74 valence electrons. The number of allylic oxidation sites excluding steroid dienone is 1. The molecule has 3 nitrogen and oxygen atoms in total. The molecule has 3 heteroatoms. The van der Waals surface area contributed by atoms with Crippen LogP contribution in [0.15, 0.2) is 12.2 Å². The smallest absolute Gasteiger partial charge is 0.309 e. The van der Waals surface area contributed by atoms with Crippen LogP contribution in [0, 0.1) is 11.3 Å². The fraction of sp³-hybridized carbons (Fsp3) is 0.700. The van der Waals surface area contributed by atoms with Crippen molar-refractivity contribution in [3.63, 3.8) is 0 Å². The molecule has 2 atom stereocenters. The minimum absolute atomic E-state index is 0.209. The van der Waals surface area contributed by atoms with Crippen molar-refractivity contribution in [2.45, 2.75) is 32.8 Å². The molecule has 1 aliphatic rings. The summed E-state index contributed by atoms with van der Waals surface area (Å²) in [6.45, 7) is 3.43. The highest BCUT2D eigenvalue weighted by atomic mass is 16.4. The molecule has 0 aromatic rings. The molecule has 1 aliphatic carbocycles. The van der Waals surface area contributed by atoms with Gasteiger partial charge in [-0.05, 0) is 32.6 Å². The van der Waals surface area contributed by atoms with Gasteiger partial charge in [-0.15, -0.1) is 0 Å². The normalized spacial score (nSPS) is 27.9. The minimum Gasteiger partial charge on any atom is -0.481 e. The molecule has 0 heterocycles. The highest BCUT2D eigenvalue weighted by Gasteiger charge is 2.31. The second-order valence-electron chi connectivity index (χ2n) is 4.34. The Bertz CT molecular complexity index is 230. The number of carbonyl (C=O) groups is 1. The summed E-state index contributed by atoms with van der Waals surface area (Å²) in [5.41, 5.74) is -0.695. The SMILES string of the molecule is CC(C)(C[C@H]1C=C[C@H](O)C1)C(=O)O. The molecule has 0 aromatic heterocycles. The quantitative estimate of drug-likeness (QED) is 0.652. The number of hydrogen-bond donors (Lipinski definition) is 2. The zero-order valence-corrected chi connectivity index (χ0v) is 8.03. The highest BCUT2D eigenvalue weighted by molar-refractivity contribution is 5.73. The first-order chi connectivity index (χ1) is 5.92. The Balaban J connectivity index is 2.50. The van der Waals surface area contributed by atoms with E-state index in [2.05, 4.69) is 0 Å². The number of carboxylic acid groups (broad SMARTS) is 1. The lowest BCUT2D eigenvalue weighted by Gasteiger charge is -2.22. The van der Waals surface area contributed by atoms with Crippen molar-refractivity contribution in [3.05, 3.63) is 12.2 Å². The maximum atomic E-state index is 10.8. The van der Waals surface area contributed by atoms with E-state index in [1.165, 1.54) is 0 Å². The lowest BCUT2D eigenvalue weighted by atomic mass is 9.82. The summed E-state index contributed by atoms with van der Waals surface area (Å²) >= 11 is 0. The van der Waals surface area contributed by atoms with Crippen LogP contribution in [-0.4, -0.2) is 22.3 Å². The maximum absolute atomic E-state index is 10.8. The molecule has 0 radical (unpaired) electrons. The summed E-state index contributed by atoms with van der Waals surface area (Å²) in [6, 6.07) is 0. The largest absolute Gasteiger partial charge is 0.481 e. The van der Waals surface area contributed by atoms with Crippen molar-refractivity contribution in [2.24, 2.45) is 11.3 Å². The topological polar surface area (TPSA) is 57.5 Å². The van der Waals surface area contributed by atoms with Crippen molar-refractivity contribution in [3.8, 4) is 0 Å². The number of rotatable bonds is 3. The molecule has 13 heavy (non-hydrogen) atoms. The summed E-state index contributed by atoms with van der Waals surface area (Å²) in [5, 5.41) is 18.1. The molecule has 0 spiro atoms. The van der Waals surface area contributed by atoms with Gasteiger partial charge in [0.2, 0.25) is 0 Å². The maximum Gasteiger partial charge on any atom is 0.309 e. The van der Waals surface area contributed by atoms with Crippen LogP contribution in [0.1, 0.15) is 26.7 Å². The van der Waals surface area contributed by atoms with E-state index in [-0.39, 0.29) is 12.0 Å². The van der Waals surface area contributed by atoms with Gasteiger partial charge in [-0.1, -0.05) is 12.2 Å². The van der Waals surface area contributed by atoms with Crippen molar-refractivity contribution < 1.29 is 15.0 Å². The number of aliphatic hydroxyl groups is 1. The fourth-order valence-corrected chi connectivity index (χ4v) is 1.65. The molecule has 0 aliphatic heterocycles. The van der Waals surface area contributed by atoms with Gasteiger partial charge in [0.05, 0.1) is 11.5 Å². The molecule has 2 N–H and O–H groups in total. The predicted octanol–water partition coefficient (Wildman–Crippen LogP) is 1.42. The Morgan fingerprint density at radius 2 is 2.15 bits per heavy atom. The fourth-order valence-electron chi connectivity index (χ4n) is 1.65. The van der Waals surface area contributed by atoms with Gasteiger partial charge in [0.25, 0.3) is 0 Å². The number of aliphatic carboxylic acids is 1. The standard InChI is InChI=1S/C10H16O3/c1-10(2,9(12)13)6-7-3-4-8(11)5-7/h3-4,7-8,11H,5-6H2,1-2H3,(H,12,13)/t7-,8-/m0/s1. The summed E-state index contributed by atoms with van der Waals surface area (Å²) < 4.78 is 0. The predicted molar refractivity (Wildman–Crippen MR) is 49.3 cm³/mol. The molecule has 1 rings (SSSR count). The summed E-state index contributed by atoms with van der Waals surface area (Å²) in [4.78, 5) is 10.8. The monoisotopic (exact) mass is 184 g/mol. The lowest BCUT2D eigenvalue weighted by Crippen LogP contribution is -2.26. The molecule has 0 fully saturated rings. The van der Waals surface area contributed by atoms with Crippen LogP contribution < -0.4 is 0 Å². The van der Waals surface area contributed by atoms with Crippen LogP contribution in [0.25, 0.3) is 0 Å². The lowest BCUT2D eigenvalue weighted by molar-refractivity contribution is -0.147. The van der Waals surface area contributed by atoms with Crippen LogP contribution in [0.3, 0.4) is 0 Å². The number of aliphatic hydroxyl groups excluding tert-OH is 1. The first-order valence-corrected chi connectivity index (χ1v) is 4.51. The van der Waals surface area contributed by atoms with Crippen LogP contribution in [0.2, 0.25) is 0 Å². The number of carboxylic acids is 1. The van der Waals surface area contributed by atoms with Crippen LogP contribution >= 0.6 is 0 Å². The van der Waals surface area contributed by atoms with E-state index in [0.717, 1.165) is 0 Å². The zero-order chi connectivity index (χ0) is 10.1. The Labute approximate surface area is 78.1 Å². The van der Waals surface area contributed by atoms with E-state index in [1.807, 2.05) is 6.08 Å². The van der Waals surface area contributed by atoms with Crippen LogP contribution in [-0.2, 0) is 4.79 Å². The van der Waals surface area contributed by atoms with E-state index < -0.39 is 11.4 Å². The Morgan fingerprint density at radius 1 is 1.54 bits per heavy atom. The van der Waals surface area contributed by atoms with Gasteiger partial charge in [-0.3, -0.25) is 4.79 Å². The molecule has 0 amide bonds. The molecule has 0 unspecified atom stereocenters. The Kier molecular flexibility index (Phi) is 2.76. The van der Waals surface area contributed by atoms with Gasteiger partial charge in [-0.25, -0.2) is 0 Å². The van der Waals surface area contributed by atoms with E-state index in [9.17, 15) is 9.90 Å². The average molecular weight is 184 g/mol. The molecule has 0 saturated heterocycles. The third-order valence-electron chi connectivity index (χ3n) is 2.50. The van der Waals surface area contributed by atoms with Crippen molar-refractivity contribution >= 4 is 5.97 Å². The first-order valence-electron chi connectivity index (χ1n) is 4.51. The first kappa shape index (κ1) is 10.3. The third kappa shape index (κ3) is 2.56. The summed E-state index contributed by atoms with van der Waals surface area (Å²) in [6.07, 6.45) is 4.53. The number of hydrogen-bond acceptors (Lipinski definition) is 2. The van der Waals surface area contributed by atoms with Gasteiger partial charge in [0.15, 0.2) is 0 Å². The van der Waals surface area contributed by atoms with Gasteiger partial charge < -0.3 is 10.2 Å². The van der Waals surface area contributed by atoms with Crippen molar-refractivity contribution in [1.82, 2.24) is 0 Å². The van der Waals surface area contributed by atoms with Crippen LogP contribution in [0.5, 0.6) is 0 Å². The van der Waals surface area contributed by atoms with E-state index in [1.54, 1.807) is 19.9 Å². The minimum atomic E-state index is -0.776. The van der Waals surface area contributed by atoms with Crippen molar-refractivity contribution in [1.29, 1.82) is 0 Å². The molecule has 0 aromatic carbocycles. The molecular weight excluding hydrogens is 168 g/mol. The van der Waals surface area contributed by atoms with E-state index in [4.69, 9.17) is 5.11 Å². The van der Waals surface area contributed by atoms with Gasteiger partial charge >= 0.3 is 5.97 Å². The Hall–Kier alpha value is -0.830. The molecule has 0 bridgehead atoms. The summed E-state index contributed by atoms with van der Waals surface area (Å²) in [5.74, 6) is -0.566. The van der Waals surface area contributed by atoms with E-state index >= 15 is 0 Å². The van der Waals surface area contributed by atoms with Gasteiger partial charge in [-0.2, -0.15) is 0 Å². The van der Waals surface area contributed by atoms with Crippen LogP contribution in [0.4, 0.5) is 0 Å². The second kappa shape index (κ2) is 3.50. The average Bonchev–Trinajstić information content (AvgIpc) is 2.34. The zero-order valence-electron chi connectivity index (χ0n) is 8.03. The molecule has 0 saturated carbocycles. The van der Waals surface area contributed by atoms with Gasteiger partial charge in [0.1, 0.15) is 0 Å².